The van der Waals surface area contributed by atoms with Gasteiger partial charge in [0.15, 0.2) is 0 Å². The topological polar surface area (TPSA) is 66.4 Å². The first-order valence-corrected chi connectivity index (χ1v) is 11.1. The van der Waals surface area contributed by atoms with E-state index < -0.39 is 0 Å². The van der Waals surface area contributed by atoms with Crippen molar-refractivity contribution in [2.45, 2.75) is 57.2 Å². The van der Waals surface area contributed by atoms with Crippen molar-refractivity contribution in [3.05, 3.63) is 54.4 Å². The lowest BCUT2D eigenvalue weighted by atomic mass is 10.0. The summed E-state index contributed by atoms with van der Waals surface area (Å²) in [5.41, 5.74) is 4.08. The maximum atomic E-state index is 12.0. The van der Waals surface area contributed by atoms with E-state index in [-0.39, 0.29) is 11.8 Å². The van der Waals surface area contributed by atoms with Crippen molar-refractivity contribution in [2.24, 2.45) is 0 Å². The molecule has 6 nitrogen and oxygen atoms in total. The number of nitrogens with zero attached hydrogens (tertiary/aromatic N) is 4. The van der Waals surface area contributed by atoms with Crippen LogP contribution in [0.15, 0.2) is 48.8 Å². The predicted octanol–water partition coefficient (Wildman–Crippen LogP) is 4.08. The van der Waals surface area contributed by atoms with Crippen molar-refractivity contribution in [1.82, 2.24) is 14.9 Å². The normalized spacial score (nSPS) is 18.8. The fourth-order valence-corrected chi connectivity index (χ4v) is 4.61. The Hall–Kier alpha value is -3.28. The molecule has 0 unspecified atom stereocenters. The standard InChI is InChI=1S/C25H24N4O2/c30-23-10-11-24(31)28(23)14-16-2-1-3-17(12-16)18-4-9-22-21(13-18)25(27-15-26-22)29(19-5-6-19)20-7-8-20/h1-4,9,12-13,15,19-20H,5-8,10-11,14H2. The van der Waals surface area contributed by atoms with E-state index in [4.69, 9.17) is 4.98 Å². The number of hydrogen-bond donors (Lipinski definition) is 0. The number of hydrogen-bond acceptors (Lipinski definition) is 5. The average Bonchev–Trinajstić information content (AvgIpc) is 3.72. The second-order valence-electron chi connectivity index (χ2n) is 8.87. The van der Waals surface area contributed by atoms with Crippen molar-refractivity contribution in [3.8, 4) is 11.1 Å². The number of rotatable bonds is 6. The summed E-state index contributed by atoms with van der Waals surface area (Å²) in [6.45, 7) is 0.338. The van der Waals surface area contributed by atoms with Gasteiger partial charge in [0, 0.05) is 30.3 Å². The molecule has 2 heterocycles. The van der Waals surface area contributed by atoms with Crippen molar-refractivity contribution in [2.75, 3.05) is 4.90 Å². The van der Waals surface area contributed by atoms with E-state index in [1.807, 2.05) is 12.1 Å². The summed E-state index contributed by atoms with van der Waals surface area (Å²) >= 11 is 0. The lowest BCUT2D eigenvalue weighted by Gasteiger charge is -2.24. The summed E-state index contributed by atoms with van der Waals surface area (Å²) < 4.78 is 0. The van der Waals surface area contributed by atoms with Crippen molar-refractivity contribution >= 4 is 28.5 Å². The minimum absolute atomic E-state index is 0.0804. The Balaban J connectivity index is 1.36. The minimum atomic E-state index is -0.0804. The number of carbonyl (C=O) groups is 2. The Morgan fingerprint density at radius 2 is 1.58 bits per heavy atom. The van der Waals surface area contributed by atoms with Crippen LogP contribution < -0.4 is 4.90 Å². The summed E-state index contributed by atoms with van der Waals surface area (Å²) in [4.78, 5) is 37.1. The number of likely N-dealkylation sites (tertiary alicyclic amines) is 1. The van der Waals surface area contributed by atoms with Crippen LogP contribution in [0.1, 0.15) is 44.1 Å². The molecule has 0 bridgehead atoms. The van der Waals surface area contributed by atoms with Crippen molar-refractivity contribution < 1.29 is 9.59 Å². The molecule has 3 fully saturated rings. The largest absolute Gasteiger partial charge is 0.350 e. The van der Waals surface area contributed by atoms with E-state index >= 15 is 0 Å². The maximum Gasteiger partial charge on any atom is 0.229 e. The molecule has 3 aliphatic rings. The van der Waals surface area contributed by atoms with E-state index in [9.17, 15) is 9.59 Å². The highest BCUT2D eigenvalue weighted by atomic mass is 16.2. The molecule has 2 saturated carbocycles. The van der Waals surface area contributed by atoms with Gasteiger partial charge in [-0.1, -0.05) is 24.3 Å². The second kappa shape index (κ2) is 7.15. The zero-order valence-electron chi connectivity index (χ0n) is 17.3. The molecule has 0 N–H and O–H groups in total. The monoisotopic (exact) mass is 412 g/mol. The van der Waals surface area contributed by atoms with E-state index in [1.54, 1.807) is 6.33 Å². The fraction of sp³-hybridized carbons (Fsp3) is 0.360. The fourth-order valence-electron chi connectivity index (χ4n) is 4.61. The van der Waals surface area contributed by atoms with E-state index in [2.05, 4.69) is 40.2 Å². The minimum Gasteiger partial charge on any atom is -0.350 e. The van der Waals surface area contributed by atoms with Gasteiger partial charge in [0.2, 0.25) is 11.8 Å². The van der Waals surface area contributed by atoms with Gasteiger partial charge < -0.3 is 4.90 Å². The van der Waals surface area contributed by atoms with Gasteiger partial charge >= 0.3 is 0 Å². The molecular weight excluding hydrogens is 388 g/mol. The zero-order chi connectivity index (χ0) is 20.9. The summed E-state index contributed by atoms with van der Waals surface area (Å²) in [5, 5.41) is 1.09. The first kappa shape index (κ1) is 18.5. The average molecular weight is 412 g/mol. The number of amides is 2. The molecule has 156 valence electrons. The number of anilines is 1. The first-order chi connectivity index (χ1) is 15.2. The van der Waals surface area contributed by atoms with Gasteiger partial charge in [-0.25, -0.2) is 9.97 Å². The summed E-state index contributed by atoms with van der Waals surface area (Å²) in [7, 11) is 0. The van der Waals surface area contributed by atoms with Gasteiger partial charge in [-0.3, -0.25) is 14.5 Å². The summed E-state index contributed by atoms with van der Waals surface area (Å²) in [6.07, 6.45) is 7.32. The Kier molecular flexibility index (Phi) is 4.26. The van der Waals surface area contributed by atoms with Gasteiger partial charge in [0.25, 0.3) is 0 Å². The molecule has 6 rings (SSSR count). The van der Waals surface area contributed by atoms with Crippen LogP contribution in [0.3, 0.4) is 0 Å². The molecule has 0 atom stereocenters. The highest BCUT2D eigenvalue weighted by molar-refractivity contribution is 6.01. The van der Waals surface area contributed by atoms with Crippen LogP contribution in [0, 0.1) is 0 Å². The number of benzene rings is 2. The van der Waals surface area contributed by atoms with Crippen LogP contribution in [-0.2, 0) is 16.1 Å². The smallest absolute Gasteiger partial charge is 0.229 e. The Morgan fingerprint density at radius 3 is 2.29 bits per heavy atom. The number of imide groups is 1. The molecule has 31 heavy (non-hydrogen) atoms. The molecule has 2 amide bonds. The van der Waals surface area contributed by atoms with Gasteiger partial charge in [0.1, 0.15) is 12.1 Å². The number of carbonyl (C=O) groups excluding carboxylic acids is 2. The van der Waals surface area contributed by atoms with Gasteiger partial charge in [0.05, 0.1) is 12.1 Å². The van der Waals surface area contributed by atoms with Crippen LogP contribution in [0.5, 0.6) is 0 Å². The van der Waals surface area contributed by atoms with Gasteiger partial charge in [-0.15, -0.1) is 0 Å². The highest BCUT2D eigenvalue weighted by Crippen LogP contribution is 2.42. The lowest BCUT2D eigenvalue weighted by Crippen LogP contribution is -2.29. The summed E-state index contributed by atoms with van der Waals surface area (Å²) in [5.74, 6) is 0.896. The first-order valence-electron chi connectivity index (χ1n) is 11.1. The van der Waals surface area contributed by atoms with Crippen LogP contribution >= 0.6 is 0 Å². The molecular formula is C25H24N4O2. The van der Waals surface area contributed by atoms with Crippen molar-refractivity contribution in [1.29, 1.82) is 0 Å². The van der Waals surface area contributed by atoms with Crippen molar-refractivity contribution in [3.63, 3.8) is 0 Å². The second-order valence-corrected chi connectivity index (χ2v) is 8.87. The molecule has 2 aromatic carbocycles. The molecule has 1 aliphatic heterocycles. The quantitative estimate of drug-likeness (QED) is 0.571. The molecule has 6 heteroatoms. The SMILES string of the molecule is O=C1CCC(=O)N1Cc1cccc(-c2ccc3ncnc(N(C4CC4)C4CC4)c3c2)c1. The maximum absolute atomic E-state index is 12.0. The zero-order valence-corrected chi connectivity index (χ0v) is 17.3. The summed E-state index contributed by atoms with van der Waals surface area (Å²) in [6, 6.07) is 15.7. The Morgan fingerprint density at radius 1 is 0.871 bits per heavy atom. The molecule has 0 radical (unpaired) electrons. The van der Waals surface area contributed by atoms with E-state index in [0.717, 1.165) is 33.4 Å². The molecule has 1 saturated heterocycles. The Labute approximate surface area is 180 Å². The van der Waals surface area contributed by atoms with Crippen LogP contribution in [0.2, 0.25) is 0 Å². The van der Waals surface area contributed by atoms with Crippen LogP contribution in [-0.4, -0.2) is 38.8 Å². The molecule has 0 spiro atoms. The number of aromatic nitrogens is 2. The number of fused-ring (bicyclic) bond motifs is 1. The van der Waals surface area contributed by atoms with Gasteiger partial charge in [-0.05, 0) is 60.6 Å². The van der Waals surface area contributed by atoms with E-state index in [0.29, 0.717) is 31.5 Å². The van der Waals surface area contributed by atoms with Crippen LogP contribution in [0.4, 0.5) is 5.82 Å². The Bertz CT molecular complexity index is 1170. The third-order valence-electron chi connectivity index (χ3n) is 6.50. The predicted molar refractivity (Wildman–Crippen MR) is 118 cm³/mol. The molecule has 3 aromatic rings. The lowest BCUT2D eigenvalue weighted by molar-refractivity contribution is -0.139. The molecule has 2 aliphatic carbocycles. The highest BCUT2D eigenvalue weighted by Gasteiger charge is 2.40. The van der Waals surface area contributed by atoms with Crippen LogP contribution in [0.25, 0.3) is 22.0 Å². The van der Waals surface area contributed by atoms with E-state index in [1.165, 1.54) is 30.6 Å². The third-order valence-corrected chi connectivity index (χ3v) is 6.50. The van der Waals surface area contributed by atoms with Gasteiger partial charge in [-0.2, -0.15) is 0 Å². The molecule has 1 aromatic heterocycles. The third kappa shape index (κ3) is 3.46.